The molecule has 0 unspecified atom stereocenters. The molecule has 1 aromatic carbocycles. The van der Waals surface area contributed by atoms with E-state index in [2.05, 4.69) is 38.6 Å². The average molecular weight is 647 g/mol. The van der Waals surface area contributed by atoms with Crippen LogP contribution in [0.4, 0.5) is 17.6 Å². The number of benzene rings is 1. The quantitative estimate of drug-likeness (QED) is 0.159. The molecule has 4 aromatic rings. The molecule has 1 N–H and O–H groups in total. The number of hydrogen-bond acceptors (Lipinski definition) is 10. The standard InChI is InChI=1S/C28H30FN5O4.C3H4F3NO/c1-28(2,27-31-15-24(38-27)18-3-5-21(29)6-4-18)34-9-7-33(8-10-34)16-23-12-19(26(35)37-23)11-22-13-20-14-30-17-32-25(20)36-22;4-3(5,6)1-7-2-8/h3-6,13-15,17,19,23H,7-12,16H2,1-2H3;2H,1H2,(H,7,8)/t19-,23+;/m1./s1. The Bertz CT molecular complexity index is 1580. The van der Waals surface area contributed by atoms with Crippen molar-refractivity contribution in [1.29, 1.82) is 0 Å². The highest BCUT2D eigenvalue weighted by Gasteiger charge is 2.39. The van der Waals surface area contributed by atoms with Gasteiger partial charge in [0.15, 0.2) is 5.76 Å². The van der Waals surface area contributed by atoms with Crippen molar-refractivity contribution in [3.8, 4) is 11.3 Å². The number of ether oxygens (including phenoxy) is 1. The molecule has 2 aliphatic heterocycles. The predicted octanol–water partition coefficient (Wildman–Crippen LogP) is 4.34. The summed E-state index contributed by atoms with van der Waals surface area (Å²) in [5, 5.41) is 2.32. The van der Waals surface area contributed by atoms with Crippen molar-refractivity contribution in [1.82, 2.24) is 30.1 Å². The van der Waals surface area contributed by atoms with Crippen molar-refractivity contribution >= 4 is 23.5 Å². The van der Waals surface area contributed by atoms with Gasteiger partial charge >= 0.3 is 12.1 Å². The normalized spacial score (nSPS) is 19.5. The number of cyclic esters (lactones) is 1. The minimum atomic E-state index is -4.29. The zero-order valence-electron chi connectivity index (χ0n) is 25.3. The molecular weight excluding hydrogens is 612 g/mol. The van der Waals surface area contributed by atoms with Gasteiger partial charge in [0.2, 0.25) is 18.0 Å². The number of piperazine rings is 1. The van der Waals surface area contributed by atoms with E-state index >= 15 is 0 Å². The Balaban J connectivity index is 0.000000463. The van der Waals surface area contributed by atoms with Crippen molar-refractivity contribution < 1.29 is 40.7 Å². The molecule has 6 rings (SSSR count). The first-order valence-electron chi connectivity index (χ1n) is 14.7. The van der Waals surface area contributed by atoms with Crippen LogP contribution in [0.1, 0.15) is 31.9 Å². The maximum Gasteiger partial charge on any atom is 0.405 e. The van der Waals surface area contributed by atoms with Crippen LogP contribution >= 0.6 is 0 Å². The molecule has 0 spiro atoms. The Morgan fingerprint density at radius 2 is 1.78 bits per heavy atom. The zero-order chi connectivity index (χ0) is 32.9. The van der Waals surface area contributed by atoms with E-state index in [4.69, 9.17) is 13.6 Å². The Morgan fingerprint density at radius 3 is 2.43 bits per heavy atom. The van der Waals surface area contributed by atoms with Crippen LogP contribution in [0.2, 0.25) is 0 Å². The van der Waals surface area contributed by atoms with Crippen molar-refractivity contribution in [2.75, 3.05) is 39.3 Å². The van der Waals surface area contributed by atoms with Crippen LogP contribution < -0.4 is 5.32 Å². The minimum Gasteiger partial charge on any atom is -0.461 e. The number of hydrogen-bond donors (Lipinski definition) is 1. The fraction of sp³-hybridized carbons (Fsp3) is 0.452. The largest absolute Gasteiger partial charge is 0.461 e. The molecule has 2 atom stereocenters. The molecule has 1 amide bonds. The Kier molecular flexibility index (Phi) is 10.0. The lowest BCUT2D eigenvalue weighted by molar-refractivity contribution is -0.145. The third-order valence-electron chi connectivity index (χ3n) is 8.03. The second-order valence-electron chi connectivity index (χ2n) is 11.7. The van der Waals surface area contributed by atoms with Crippen molar-refractivity contribution in [2.45, 2.75) is 44.5 Å². The topological polar surface area (TPSA) is 127 Å². The number of nitrogens with one attached hydrogen (secondary N) is 1. The van der Waals surface area contributed by atoms with E-state index in [9.17, 15) is 27.2 Å². The van der Waals surface area contributed by atoms with E-state index in [1.165, 1.54) is 23.8 Å². The lowest BCUT2D eigenvalue weighted by atomic mass is 9.99. The molecule has 3 aromatic heterocycles. The SMILES string of the molecule is CC(C)(c1ncc(-c2ccc(F)cc2)o1)N1CCN(C[C@@H]2C[C@@H](Cc3cc4cncnc4o3)C(=O)O2)CC1.O=CNCC(F)(F)F. The zero-order valence-corrected chi connectivity index (χ0v) is 25.3. The summed E-state index contributed by atoms with van der Waals surface area (Å²) in [6, 6.07) is 8.11. The number of oxazole rings is 1. The number of esters is 1. The summed E-state index contributed by atoms with van der Waals surface area (Å²) in [5.41, 5.74) is 0.936. The maximum atomic E-state index is 13.3. The summed E-state index contributed by atoms with van der Waals surface area (Å²) in [6.07, 6.45) is 1.63. The summed E-state index contributed by atoms with van der Waals surface area (Å²) in [7, 11) is 0. The Hall–Kier alpha value is -4.37. The molecule has 11 nitrogen and oxygen atoms in total. The number of nitrogens with zero attached hydrogens (tertiary/aromatic N) is 5. The second kappa shape index (κ2) is 14.0. The first-order chi connectivity index (χ1) is 21.9. The van der Waals surface area contributed by atoms with Gasteiger partial charge in [-0.2, -0.15) is 13.2 Å². The summed E-state index contributed by atoms with van der Waals surface area (Å²) in [5.74, 6) is 1.33. The number of carbonyl (C=O) groups excluding carboxylic acids is 2. The van der Waals surface area contributed by atoms with Crippen LogP contribution in [-0.4, -0.2) is 88.7 Å². The van der Waals surface area contributed by atoms with E-state index in [1.54, 1.807) is 24.5 Å². The van der Waals surface area contributed by atoms with E-state index in [1.807, 2.05) is 6.07 Å². The van der Waals surface area contributed by atoms with Crippen molar-refractivity contribution in [3.05, 3.63) is 66.5 Å². The second-order valence-corrected chi connectivity index (χ2v) is 11.7. The molecule has 0 aliphatic carbocycles. The third-order valence-corrected chi connectivity index (χ3v) is 8.03. The number of rotatable bonds is 9. The molecule has 2 saturated heterocycles. The number of amides is 1. The fourth-order valence-corrected chi connectivity index (χ4v) is 5.56. The van der Waals surface area contributed by atoms with Gasteiger partial charge in [0, 0.05) is 50.9 Å². The molecule has 0 radical (unpaired) electrons. The summed E-state index contributed by atoms with van der Waals surface area (Å²) in [6.45, 7) is 7.07. The van der Waals surface area contributed by atoms with Crippen molar-refractivity contribution in [3.63, 3.8) is 0 Å². The average Bonchev–Trinajstić information content (AvgIpc) is 3.76. The van der Waals surface area contributed by atoms with Crippen LogP contribution in [0.15, 0.2) is 57.9 Å². The molecule has 15 heteroatoms. The molecule has 0 saturated carbocycles. The molecule has 2 aliphatic rings. The fourth-order valence-electron chi connectivity index (χ4n) is 5.56. The van der Waals surface area contributed by atoms with E-state index in [-0.39, 0.29) is 30.2 Å². The van der Waals surface area contributed by atoms with Gasteiger partial charge in [-0.1, -0.05) is 0 Å². The number of fused-ring (bicyclic) bond motifs is 1. The highest BCUT2D eigenvalue weighted by molar-refractivity contribution is 5.76. The van der Waals surface area contributed by atoms with Gasteiger partial charge in [-0.05, 0) is 50.6 Å². The molecule has 5 heterocycles. The van der Waals surface area contributed by atoms with Gasteiger partial charge in [-0.3, -0.25) is 19.4 Å². The number of carbonyl (C=O) groups is 2. The lowest BCUT2D eigenvalue weighted by Gasteiger charge is -2.42. The van der Waals surface area contributed by atoms with Crippen LogP contribution in [-0.2, 0) is 26.3 Å². The van der Waals surface area contributed by atoms with Crippen LogP contribution in [0.25, 0.3) is 22.4 Å². The number of halogens is 4. The first-order valence-corrected chi connectivity index (χ1v) is 14.7. The third kappa shape index (κ3) is 8.26. The van der Waals surface area contributed by atoms with Crippen LogP contribution in [0, 0.1) is 11.7 Å². The van der Waals surface area contributed by atoms with Gasteiger partial charge in [0.05, 0.1) is 23.0 Å². The smallest absolute Gasteiger partial charge is 0.405 e. The molecule has 246 valence electrons. The van der Waals surface area contributed by atoms with Gasteiger partial charge in [-0.15, -0.1) is 0 Å². The van der Waals surface area contributed by atoms with E-state index in [0.29, 0.717) is 30.2 Å². The molecule has 46 heavy (non-hydrogen) atoms. The van der Waals surface area contributed by atoms with E-state index in [0.717, 1.165) is 49.4 Å². The molecular formula is C31H34F4N6O5. The van der Waals surface area contributed by atoms with Gasteiger partial charge in [-0.25, -0.2) is 19.3 Å². The summed E-state index contributed by atoms with van der Waals surface area (Å²) >= 11 is 0. The highest BCUT2D eigenvalue weighted by Crippen LogP contribution is 2.32. The minimum absolute atomic E-state index is 0.00743. The summed E-state index contributed by atoms with van der Waals surface area (Å²) in [4.78, 5) is 39.2. The first kappa shape index (κ1) is 33.0. The monoisotopic (exact) mass is 646 g/mol. The molecule has 2 fully saturated rings. The summed E-state index contributed by atoms with van der Waals surface area (Å²) < 4.78 is 63.9. The number of furan rings is 1. The Morgan fingerprint density at radius 1 is 1.04 bits per heavy atom. The highest BCUT2D eigenvalue weighted by atomic mass is 19.4. The van der Waals surface area contributed by atoms with Gasteiger partial charge in [0.1, 0.15) is 30.6 Å². The van der Waals surface area contributed by atoms with Crippen molar-refractivity contribution in [2.24, 2.45) is 5.92 Å². The predicted molar refractivity (Wildman–Crippen MR) is 157 cm³/mol. The van der Waals surface area contributed by atoms with Gasteiger partial charge in [0.25, 0.3) is 0 Å². The van der Waals surface area contributed by atoms with Gasteiger partial charge < -0.3 is 18.9 Å². The number of aromatic nitrogens is 3. The molecule has 0 bridgehead atoms. The maximum absolute atomic E-state index is 13.3. The van der Waals surface area contributed by atoms with Crippen LogP contribution in [0.5, 0.6) is 0 Å². The lowest BCUT2D eigenvalue weighted by Crippen LogP contribution is -2.54. The Labute approximate surface area is 261 Å². The van der Waals surface area contributed by atoms with E-state index < -0.39 is 18.3 Å². The van der Waals surface area contributed by atoms with Crippen LogP contribution in [0.3, 0.4) is 0 Å². The number of alkyl halides is 3.